The van der Waals surface area contributed by atoms with Crippen LogP contribution in [0.4, 0.5) is 4.39 Å². The minimum absolute atomic E-state index is 0.0933. The molecule has 142 valence electrons. The Balaban J connectivity index is 1.76. The highest BCUT2D eigenvalue weighted by Gasteiger charge is 2.50. The van der Waals surface area contributed by atoms with Gasteiger partial charge in [-0.05, 0) is 55.2 Å². The zero-order valence-electron chi connectivity index (χ0n) is 15.0. The van der Waals surface area contributed by atoms with Gasteiger partial charge in [0, 0.05) is 23.0 Å². The molecule has 1 saturated heterocycles. The standard InChI is InChI=1S/C22H22Cl2FNO/c23-19-7-2-1-5-17(19)20-18-6-3-4-12-22(18,24)13-14-26(20)21(27)15-8-10-16(25)11-9-15/h1-2,5,7-11,18,20H,3-4,6,12-14H2. The largest absolute Gasteiger partial charge is 0.331 e. The third-order valence-corrected chi connectivity index (χ3v) is 7.09. The lowest BCUT2D eigenvalue weighted by molar-refractivity contribution is 0.0280. The topological polar surface area (TPSA) is 20.3 Å². The summed E-state index contributed by atoms with van der Waals surface area (Å²) in [6.45, 7) is 0.575. The van der Waals surface area contributed by atoms with Crippen LogP contribution in [0.3, 0.4) is 0 Å². The maximum absolute atomic E-state index is 13.3. The van der Waals surface area contributed by atoms with Crippen LogP contribution in [0.1, 0.15) is 54.1 Å². The van der Waals surface area contributed by atoms with Crippen LogP contribution in [0, 0.1) is 11.7 Å². The fourth-order valence-corrected chi connectivity index (χ4v) is 5.42. The summed E-state index contributed by atoms with van der Waals surface area (Å²) in [7, 11) is 0. The Kier molecular flexibility index (Phi) is 5.17. The maximum atomic E-state index is 13.3. The first-order valence-electron chi connectivity index (χ1n) is 9.49. The minimum atomic E-state index is -0.347. The second-order valence-corrected chi connectivity index (χ2v) is 8.77. The fraction of sp³-hybridized carbons (Fsp3) is 0.409. The smallest absolute Gasteiger partial charge is 0.254 e. The highest BCUT2D eigenvalue weighted by Crippen LogP contribution is 2.53. The number of carbonyl (C=O) groups is 1. The van der Waals surface area contributed by atoms with Gasteiger partial charge in [0.15, 0.2) is 0 Å². The van der Waals surface area contributed by atoms with Crippen molar-refractivity contribution < 1.29 is 9.18 Å². The lowest BCUT2D eigenvalue weighted by atomic mass is 9.68. The van der Waals surface area contributed by atoms with Crippen LogP contribution >= 0.6 is 23.2 Å². The van der Waals surface area contributed by atoms with E-state index in [9.17, 15) is 9.18 Å². The number of hydrogen-bond acceptors (Lipinski definition) is 1. The van der Waals surface area contributed by atoms with E-state index >= 15 is 0 Å². The van der Waals surface area contributed by atoms with Crippen molar-refractivity contribution in [3.05, 3.63) is 70.5 Å². The van der Waals surface area contributed by atoms with Gasteiger partial charge in [-0.1, -0.05) is 42.6 Å². The van der Waals surface area contributed by atoms with Crippen molar-refractivity contribution in [2.24, 2.45) is 5.92 Å². The molecule has 2 aliphatic rings. The Bertz CT molecular complexity index is 840. The van der Waals surface area contributed by atoms with Crippen LogP contribution in [0.25, 0.3) is 0 Å². The van der Waals surface area contributed by atoms with E-state index in [1.54, 1.807) is 12.1 Å². The number of halogens is 3. The van der Waals surface area contributed by atoms with Gasteiger partial charge in [0.1, 0.15) is 5.82 Å². The first-order chi connectivity index (χ1) is 13.0. The molecule has 2 fully saturated rings. The first-order valence-corrected chi connectivity index (χ1v) is 10.2. The average molecular weight is 406 g/mol. The number of alkyl halides is 1. The van der Waals surface area contributed by atoms with Gasteiger partial charge in [-0.2, -0.15) is 0 Å². The Hall–Kier alpha value is -1.58. The highest BCUT2D eigenvalue weighted by molar-refractivity contribution is 6.31. The summed E-state index contributed by atoms with van der Waals surface area (Å²) in [6, 6.07) is 13.3. The summed E-state index contributed by atoms with van der Waals surface area (Å²) < 4.78 is 13.3. The number of piperidine rings is 1. The molecule has 0 N–H and O–H groups in total. The molecule has 0 bridgehead atoms. The monoisotopic (exact) mass is 405 g/mol. The molecule has 1 aliphatic carbocycles. The predicted octanol–water partition coefficient (Wildman–Crippen LogP) is 6.23. The fourth-order valence-electron chi connectivity index (χ4n) is 4.73. The van der Waals surface area contributed by atoms with Gasteiger partial charge < -0.3 is 4.90 Å². The van der Waals surface area contributed by atoms with Gasteiger partial charge in [-0.25, -0.2) is 4.39 Å². The van der Waals surface area contributed by atoms with Crippen molar-refractivity contribution >= 4 is 29.1 Å². The number of fused-ring (bicyclic) bond motifs is 1. The molecule has 2 aromatic rings. The molecule has 0 spiro atoms. The number of nitrogens with zero attached hydrogens (tertiary/aromatic N) is 1. The predicted molar refractivity (Wildman–Crippen MR) is 107 cm³/mol. The molecular weight excluding hydrogens is 384 g/mol. The Morgan fingerprint density at radius 2 is 1.81 bits per heavy atom. The van der Waals surface area contributed by atoms with Crippen LogP contribution in [-0.4, -0.2) is 22.2 Å². The zero-order valence-corrected chi connectivity index (χ0v) is 16.5. The summed E-state index contributed by atoms with van der Waals surface area (Å²) in [5, 5.41) is 0.658. The normalized spacial score (nSPS) is 27.9. The van der Waals surface area contributed by atoms with E-state index in [1.165, 1.54) is 12.1 Å². The Labute approximate surface area is 169 Å². The van der Waals surface area contributed by atoms with Crippen LogP contribution in [-0.2, 0) is 0 Å². The third kappa shape index (κ3) is 3.48. The van der Waals surface area contributed by atoms with E-state index in [4.69, 9.17) is 23.2 Å². The van der Waals surface area contributed by atoms with Crippen molar-refractivity contribution in [3.8, 4) is 0 Å². The summed E-state index contributed by atoms with van der Waals surface area (Å²) in [4.78, 5) is 14.9. The average Bonchev–Trinajstić information content (AvgIpc) is 2.67. The van der Waals surface area contributed by atoms with Gasteiger partial charge in [0.25, 0.3) is 5.91 Å². The van der Waals surface area contributed by atoms with Crippen LogP contribution in [0.5, 0.6) is 0 Å². The summed E-state index contributed by atoms with van der Waals surface area (Å²) in [5.74, 6) is -0.282. The number of benzene rings is 2. The molecule has 3 atom stereocenters. The SMILES string of the molecule is O=C(c1ccc(F)cc1)N1CCC2(Cl)CCCCC2C1c1ccccc1Cl. The third-order valence-electron chi connectivity index (χ3n) is 6.08. The first kappa shape index (κ1) is 18.8. The number of hydrogen-bond donors (Lipinski definition) is 0. The van der Waals surface area contributed by atoms with E-state index in [0.717, 1.165) is 37.7 Å². The van der Waals surface area contributed by atoms with Crippen molar-refractivity contribution in [2.75, 3.05) is 6.54 Å². The van der Waals surface area contributed by atoms with Crippen LogP contribution in [0.15, 0.2) is 48.5 Å². The summed E-state index contributed by atoms with van der Waals surface area (Å²) in [6.07, 6.45) is 4.96. The molecule has 1 saturated carbocycles. The van der Waals surface area contributed by atoms with Gasteiger partial charge in [0.05, 0.1) is 10.9 Å². The molecule has 3 unspecified atom stereocenters. The van der Waals surface area contributed by atoms with Crippen LogP contribution < -0.4 is 0 Å². The van der Waals surface area contributed by atoms with E-state index in [-0.39, 0.29) is 28.6 Å². The Morgan fingerprint density at radius 1 is 1.07 bits per heavy atom. The molecule has 4 rings (SSSR count). The van der Waals surface area contributed by atoms with Gasteiger partial charge >= 0.3 is 0 Å². The highest BCUT2D eigenvalue weighted by atomic mass is 35.5. The second-order valence-electron chi connectivity index (χ2n) is 7.61. The molecule has 1 aliphatic heterocycles. The van der Waals surface area contributed by atoms with Crippen molar-refractivity contribution in [1.82, 2.24) is 4.90 Å². The molecule has 0 radical (unpaired) electrons. The molecular formula is C22H22Cl2FNO. The van der Waals surface area contributed by atoms with Crippen molar-refractivity contribution in [1.29, 1.82) is 0 Å². The zero-order chi connectivity index (χ0) is 19.0. The summed E-state index contributed by atoms with van der Waals surface area (Å²) in [5.41, 5.74) is 1.44. The molecule has 2 aromatic carbocycles. The molecule has 1 heterocycles. The molecule has 2 nitrogen and oxygen atoms in total. The van der Waals surface area contributed by atoms with Gasteiger partial charge in [-0.15, -0.1) is 11.6 Å². The van der Waals surface area contributed by atoms with E-state index < -0.39 is 0 Å². The maximum Gasteiger partial charge on any atom is 0.254 e. The van der Waals surface area contributed by atoms with Gasteiger partial charge in [0.2, 0.25) is 0 Å². The van der Waals surface area contributed by atoms with Crippen LogP contribution in [0.2, 0.25) is 5.02 Å². The lowest BCUT2D eigenvalue weighted by Gasteiger charge is -2.52. The number of amides is 1. The molecule has 0 aromatic heterocycles. The van der Waals surface area contributed by atoms with E-state index in [0.29, 0.717) is 17.1 Å². The number of likely N-dealkylation sites (tertiary alicyclic amines) is 1. The summed E-state index contributed by atoms with van der Waals surface area (Å²) >= 11 is 13.6. The number of rotatable bonds is 2. The van der Waals surface area contributed by atoms with E-state index in [2.05, 4.69) is 0 Å². The molecule has 27 heavy (non-hydrogen) atoms. The number of carbonyl (C=O) groups excluding carboxylic acids is 1. The minimum Gasteiger partial charge on any atom is -0.331 e. The lowest BCUT2D eigenvalue weighted by Crippen LogP contribution is -2.53. The van der Waals surface area contributed by atoms with Crippen molar-refractivity contribution in [2.45, 2.75) is 43.0 Å². The second kappa shape index (κ2) is 7.44. The molecule has 1 amide bonds. The Morgan fingerprint density at radius 3 is 2.56 bits per heavy atom. The quantitative estimate of drug-likeness (QED) is 0.541. The van der Waals surface area contributed by atoms with Crippen molar-refractivity contribution in [3.63, 3.8) is 0 Å². The molecule has 5 heteroatoms. The van der Waals surface area contributed by atoms with E-state index in [1.807, 2.05) is 29.2 Å². The van der Waals surface area contributed by atoms with Gasteiger partial charge in [-0.3, -0.25) is 4.79 Å².